The number of aromatic hydroxyl groups is 1. The lowest BCUT2D eigenvalue weighted by atomic mass is 9.98. The van der Waals surface area contributed by atoms with E-state index in [9.17, 15) is 5.11 Å². The molecule has 2 unspecified atom stereocenters. The van der Waals surface area contributed by atoms with Crippen molar-refractivity contribution in [3.63, 3.8) is 0 Å². The number of benzene rings is 1. The standard InChI is InChI=1S/C14H22O3/c1-5-10(3)12-7-8-14(13(15)9-12)17-11(4)16-6-2/h7-11,15H,5-6H2,1-4H3. The number of hydrogen-bond acceptors (Lipinski definition) is 3. The predicted octanol–water partition coefficient (Wildman–Crippen LogP) is 3.67. The van der Waals surface area contributed by atoms with Crippen LogP contribution in [0.15, 0.2) is 18.2 Å². The van der Waals surface area contributed by atoms with Gasteiger partial charge in [0, 0.05) is 6.61 Å². The van der Waals surface area contributed by atoms with Gasteiger partial charge in [-0.15, -0.1) is 0 Å². The summed E-state index contributed by atoms with van der Waals surface area (Å²) < 4.78 is 10.7. The van der Waals surface area contributed by atoms with Crippen LogP contribution in [0.2, 0.25) is 0 Å². The van der Waals surface area contributed by atoms with Gasteiger partial charge in [-0.1, -0.05) is 19.9 Å². The minimum atomic E-state index is -0.347. The molecule has 0 bridgehead atoms. The molecule has 3 heteroatoms. The van der Waals surface area contributed by atoms with Gasteiger partial charge >= 0.3 is 0 Å². The quantitative estimate of drug-likeness (QED) is 0.768. The Morgan fingerprint density at radius 1 is 1.24 bits per heavy atom. The summed E-state index contributed by atoms with van der Waals surface area (Å²) in [5.41, 5.74) is 1.13. The summed E-state index contributed by atoms with van der Waals surface area (Å²) in [6, 6.07) is 5.55. The molecule has 1 N–H and O–H groups in total. The smallest absolute Gasteiger partial charge is 0.197 e. The second-order valence-electron chi connectivity index (χ2n) is 4.18. The molecule has 0 aromatic heterocycles. The summed E-state index contributed by atoms with van der Waals surface area (Å²) in [6.45, 7) is 8.57. The zero-order chi connectivity index (χ0) is 12.8. The Balaban J connectivity index is 2.76. The van der Waals surface area contributed by atoms with Crippen molar-refractivity contribution in [2.45, 2.75) is 46.3 Å². The third kappa shape index (κ3) is 3.93. The van der Waals surface area contributed by atoms with Gasteiger partial charge in [-0.05, 0) is 43.9 Å². The molecule has 0 aliphatic carbocycles. The van der Waals surface area contributed by atoms with Crippen LogP contribution in [0.4, 0.5) is 0 Å². The molecule has 0 fully saturated rings. The molecule has 2 atom stereocenters. The van der Waals surface area contributed by atoms with E-state index in [2.05, 4.69) is 13.8 Å². The van der Waals surface area contributed by atoms with Gasteiger partial charge in [0.1, 0.15) is 0 Å². The molecule has 0 amide bonds. The van der Waals surface area contributed by atoms with E-state index >= 15 is 0 Å². The zero-order valence-electron chi connectivity index (χ0n) is 11.1. The fourth-order valence-corrected chi connectivity index (χ4v) is 1.62. The molecule has 0 heterocycles. The van der Waals surface area contributed by atoms with E-state index in [1.807, 2.05) is 19.9 Å². The summed E-state index contributed by atoms with van der Waals surface area (Å²) >= 11 is 0. The molecular formula is C14H22O3. The van der Waals surface area contributed by atoms with E-state index < -0.39 is 0 Å². The first-order valence-electron chi connectivity index (χ1n) is 6.19. The highest BCUT2D eigenvalue weighted by atomic mass is 16.7. The molecule has 17 heavy (non-hydrogen) atoms. The number of phenolic OH excluding ortho intramolecular Hbond substituents is 1. The van der Waals surface area contributed by atoms with E-state index in [1.54, 1.807) is 12.1 Å². The SMILES string of the molecule is CCOC(C)Oc1ccc(C(C)CC)cc1O. The Bertz CT molecular complexity index is 349. The minimum Gasteiger partial charge on any atom is -0.504 e. The van der Waals surface area contributed by atoms with Crippen molar-refractivity contribution in [3.05, 3.63) is 23.8 Å². The Morgan fingerprint density at radius 2 is 1.94 bits per heavy atom. The first-order chi connectivity index (χ1) is 8.08. The fraction of sp³-hybridized carbons (Fsp3) is 0.571. The van der Waals surface area contributed by atoms with Crippen LogP contribution in [0, 0.1) is 0 Å². The van der Waals surface area contributed by atoms with Gasteiger partial charge in [0.2, 0.25) is 0 Å². The highest BCUT2D eigenvalue weighted by Crippen LogP contribution is 2.31. The van der Waals surface area contributed by atoms with Crippen molar-refractivity contribution < 1.29 is 14.6 Å². The second-order valence-corrected chi connectivity index (χ2v) is 4.18. The molecule has 0 saturated carbocycles. The number of hydrogen-bond donors (Lipinski definition) is 1. The first-order valence-corrected chi connectivity index (χ1v) is 6.19. The summed E-state index contributed by atoms with van der Waals surface area (Å²) in [7, 11) is 0. The molecule has 0 saturated heterocycles. The van der Waals surface area contributed by atoms with Crippen molar-refractivity contribution in [2.24, 2.45) is 0 Å². The van der Waals surface area contributed by atoms with Crippen LogP contribution in [0.3, 0.4) is 0 Å². The molecule has 1 aromatic carbocycles. The lowest BCUT2D eigenvalue weighted by Crippen LogP contribution is -2.16. The van der Waals surface area contributed by atoms with Crippen LogP contribution in [0.5, 0.6) is 11.5 Å². The fourth-order valence-electron chi connectivity index (χ4n) is 1.62. The van der Waals surface area contributed by atoms with Crippen LogP contribution in [-0.4, -0.2) is 18.0 Å². The summed E-state index contributed by atoms with van der Waals surface area (Å²) in [5, 5.41) is 9.87. The Hall–Kier alpha value is -1.22. The summed E-state index contributed by atoms with van der Waals surface area (Å²) in [4.78, 5) is 0. The zero-order valence-corrected chi connectivity index (χ0v) is 11.1. The maximum atomic E-state index is 9.87. The summed E-state index contributed by atoms with van der Waals surface area (Å²) in [5.74, 6) is 1.09. The Kier molecular flexibility index (Phi) is 5.29. The maximum absolute atomic E-state index is 9.87. The van der Waals surface area contributed by atoms with Gasteiger partial charge in [0.15, 0.2) is 17.8 Å². The molecule has 0 aliphatic heterocycles. The molecule has 1 rings (SSSR count). The molecule has 0 aliphatic rings. The maximum Gasteiger partial charge on any atom is 0.197 e. The topological polar surface area (TPSA) is 38.7 Å². The van der Waals surface area contributed by atoms with Gasteiger partial charge < -0.3 is 14.6 Å². The van der Waals surface area contributed by atoms with Crippen LogP contribution in [0.1, 0.15) is 45.6 Å². The van der Waals surface area contributed by atoms with E-state index in [1.165, 1.54) is 0 Å². The lowest BCUT2D eigenvalue weighted by Gasteiger charge is -2.16. The molecule has 1 aromatic rings. The number of ether oxygens (including phenoxy) is 2. The van der Waals surface area contributed by atoms with Gasteiger partial charge in [-0.3, -0.25) is 0 Å². The molecule has 96 valence electrons. The average molecular weight is 238 g/mol. The van der Waals surface area contributed by atoms with Gasteiger partial charge in [0.25, 0.3) is 0 Å². The van der Waals surface area contributed by atoms with Crippen molar-refractivity contribution in [1.29, 1.82) is 0 Å². The van der Waals surface area contributed by atoms with Crippen molar-refractivity contribution in [2.75, 3.05) is 6.61 Å². The molecule has 0 spiro atoms. The van der Waals surface area contributed by atoms with E-state index in [-0.39, 0.29) is 12.0 Å². The predicted molar refractivity (Wildman–Crippen MR) is 68.5 cm³/mol. The third-order valence-electron chi connectivity index (χ3n) is 2.86. The number of phenols is 1. The minimum absolute atomic E-state index is 0.175. The van der Waals surface area contributed by atoms with E-state index in [4.69, 9.17) is 9.47 Å². The van der Waals surface area contributed by atoms with Crippen LogP contribution in [-0.2, 0) is 4.74 Å². The van der Waals surface area contributed by atoms with Crippen molar-refractivity contribution in [3.8, 4) is 11.5 Å². The van der Waals surface area contributed by atoms with Crippen molar-refractivity contribution >= 4 is 0 Å². The molecule has 0 radical (unpaired) electrons. The van der Waals surface area contributed by atoms with Crippen LogP contribution < -0.4 is 4.74 Å². The number of rotatable bonds is 6. The van der Waals surface area contributed by atoms with Gasteiger partial charge in [-0.25, -0.2) is 0 Å². The van der Waals surface area contributed by atoms with Gasteiger partial charge in [0.05, 0.1) is 0 Å². The third-order valence-corrected chi connectivity index (χ3v) is 2.86. The average Bonchev–Trinajstić information content (AvgIpc) is 2.31. The van der Waals surface area contributed by atoms with Crippen LogP contribution in [0.25, 0.3) is 0 Å². The largest absolute Gasteiger partial charge is 0.504 e. The Morgan fingerprint density at radius 3 is 2.47 bits per heavy atom. The highest BCUT2D eigenvalue weighted by Gasteiger charge is 2.10. The Labute approximate surface area is 103 Å². The normalized spacial score (nSPS) is 14.4. The van der Waals surface area contributed by atoms with Crippen LogP contribution >= 0.6 is 0 Å². The second kappa shape index (κ2) is 6.50. The molecule has 3 nitrogen and oxygen atoms in total. The van der Waals surface area contributed by atoms with Gasteiger partial charge in [-0.2, -0.15) is 0 Å². The lowest BCUT2D eigenvalue weighted by molar-refractivity contribution is -0.0623. The van der Waals surface area contributed by atoms with Crippen molar-refractivity contribution in [1.82, 2.24) is 0 Å². The summed E-state index contributed by atoms with van der Waals surface area (Å²) in [6.07, 6.45) is 0.704. The first kappa shape index (κ1) is 13.8. The highest BCUT2D eigenvalue weighted by molar-refractivity contribution is 5.42. The molecular weight excluding hydrogens is 216 g/mol. The van der Waals surface area contributed by atoms with E-state index in [0.717, 1.165) is 12.0 Å². The van der Waals surface area contributed by atoms with E-state index in [0.29, 0.717) is 18.3 Å². The monoisotopic (exact) mass is 238 g/mol.